The van der Waals surface area contributed by atoms with Crippen LogP contribution < -0.4 is 5.32 Å². The maximum absolute atomic E-state index is 13.3. The molecule has 0 saturated heterocycles. The highest BCUT2D eigenvalue weighted by Crippen LogP contribution is 2.15. The van der Waals surface area contributed by atoms with Gasteiger partial charge in [-0.05, 0) is 17.2 Å². The molecule has 1 aromatic heterocycles. The predicted octanol–water partition coefficient (Wildman–Crippen LogP) is 2.41. The molecule has 0 aliphatic heterocycles. The van der Waals surface area contributed by atoms with Gasteiger partial charge >= 0.3 is 0 Å². The highest BCUT2D eigenvalue weighted by atomic mass is 35.5. The van der Waals surface area contributed by atoms with E-state index in [0.717, 1.165) is 11.8 Å². The summed E-state index contributed by atoms with van der Waals surface area (Å²) in [7, 11) is 0. The number of rotatable bonds is 4. The second-order valence-electron chi connectivity index (χ2n) is 3.64. The number of aliphatic hydroxyl groups excluding tert-OH is 1. The monoisotopic (exact) mass is 267 g/mol. The quantitative estimate of drug-likeness (QED) is 0.836. The maximum Gasteiger partial charge on any atom is 0.224 e. The summed E-state index contributed by atoms with van der Waals surface area (Å²) in [5.41, 5.74) is 0.741. The third-order valence-corrected chi connectivity index (χ3v) is 2.54. The zero-order chi connectivity index (χ0) is 13.0. The number of aromatic nitrogens is 2. The van der Waals surface area contributed by atoms with Crippen LogP contribution in [0.2, 0.25) is 5.28 Å². The number of anilines is 1. The van der Waals surface area contributed by atoms with Crippen molar-refractivity contribution >= 4 is 17.4 Å². The Morgan fingerprint density at radius 1 is 1.33 bits per heavy atom. The van der Waals surface area contributed by atoms with Crippen molar-refractivity contribution in [2.75, 3.05) is 11.9 Å². The molecule has 1 atom stereocenters. The van der Waals surface area contributed by atoms with Crippen LogP contribution in [0, 0.1) is 5.82 Å². The van der Waals surface area contributed by atoms with Gasteiger partial charge < -0.3 is 10.4 Å². The number of nitrogens with one attached hydrogen (secondary N) is 1. The summed E-state index contributed by atoms with van der Waals surface area (Å²) in [6.45, 7) is 0.133. The lowest BCUT2D eigenvalue weighted by Gasteiger charge is -2.12. The normalized spacial score (nSPS) is 12.2. The third-order valence-electron chi connectivity index (χ3n) is 2.36. The van der Waals surface area contributed by atoms with Gasteiger partial charge in [0.15, 0.2) is 11.6 Å². The summed E-state index contributed by atoms with van der Waals surface area (Å²) in [5.74, 6) is -0.635. The molecule has 1 aromatic carbocycles. The highest BCUT2D eigenvalue weighted by molar-refractivity contribution is 6.28. The second kappa shape index (κ2) is 5.75. The molecule has 2 rings (SSSR count). The van der Waals surface area contributed by atoms with E-state index >= 15 is 0 Å². The molecule has 0 fully saturated rings. The van der Waals surface area contributed by atoms with Gasteiger partial charge in [0.25, 0.3) is 0 Å². The maximum atomic E-state index is 13.3. The van der Waals surface area contributed by atoms with Crippen molar-refractivity contribution in [3.63, 3.8) is 0 Å². The van der Waals surface area contributed by atoms with Crippen molar-refractivity contribution in [2.45, 2.75) is 6.10 Å². The van der Waals surface area contributed by atoms with E-state index in [0.29, 0.717) is 0 Å². The zero-order valence-corrected chi connectivity index (χ0v) is 10.1. The van der Waals surface area contributed by atoms with Crippen LogP contribution in [0.3, 0.4) is 0 Å². The standard InChI is InChI=1S/C12H11ClFN3O/c13-12-16-6-9(14)11(17-12)15-7-10(18)8-4-2-1-3-5-8/h1-6,10,18H,7H2,(H,15,16,17). The zero-order valence-electron chi connectivity index (χ0n) is 9.35. The van der Waals surface area contributed by atoms with E-state index in [1.54, 1.807) is 12.1 Å². The molecule has 1 unspecified atom stereocenters. The summed E-state index contributed by atoms with van der Waals surface area (Å²) >= 11 is 5.56. The Bertz CT molecular complexity index is 524. The SMILES string of the molecule is OC(CNc1nc(Cl)ncc1F)c1ccccc1. The van der Waals surface area contributed by atoms with Crippen LogP contribution >= 0.6 is 11.6 Å². The molecular formula is C12H11ClFN3O. The highest BCUT2D eigenvalue weighted by Gasteiger charge is 2.10. The molecule has 0 bridgehead atoms. The largest absolute Gasteiger partial charge is 0.387 e. The lowest BCUT2D eigenvalue weighted by Crippen LogP contribution is -2.14. The summed E-state index contributed by atoms with van der Waals surface area (Å²) in [4.78, 5) is 7.20. The minimum absolute atomic E-state index is 0.0232. The summed E-state index contributed by atoms with van der Waals surface area (Å²) in [6, 6.07) is 9.07. The topological polar surface area (TPSA) is 58.0 Å². The van der Waals surface area contributed by atoms with Gasteiger partial charge in [-0.25, -0.2) is 9.37 Å². The van der Waals surface area contributed by atoms with Crippen LogP contribution in [0.5, 0.6) is 0 Å². The average molecular weight is 268 g/mol. The Hall–Kier alpha value is -1.72. The summed E-state index contributed by atoms with van der Waals surface area (Å²) in [5, 5.41) is 12.5. The van der Waals surface area contributed by atoms with Crippen LogP contribution in [-0.4, -0.2) is 21.6 Å². The van der Waals surface area contributed by atoms with Crippen LogP contribution in [-0.2, 0) is 0 Å². The molecule has 1 heterocycles. The first-order valence-electron chi connectivity index (χ1n) is 5.32. The van der Waals surface area contributed by atoms with Gasteiger partial charge in [-0.3, -0.25) is 0 Å². The molecule has 6 heteroatoms. The number of benzene rings is 1. The molecular weight excluding hydrogens is 257 g/mol. The fourth-order valence-electron chi connectivity index (χ4n) is 1.46. The fraction of sp³-hybridized carbons (Fsp3) is 0.167. The first-order chi connectivity index (χ1) is 8.66. The molecule has 2 aromatic rings. The van der Waals surface area contributed by atoms with E-state index in [2.05, 4.69) is 15.3 Å². The second-order valence-corrected chi connectivity index (χ2v) is 3.98. The van der Waals surface area contributed by atoms with Crippen molar-refractivity contribution in [3.8, 4) is 0 Å². The molecule has 94 valence electrons. The summed E-state index contributed by atoms with van der Waals surface area (Å²) < 4.78 is 13.3. The number of hydrogen-bond donors (Lipinski definition) is 2. The predicted molar refractivity (Wildman–Crippen MR) is 66.9 cm³/mol. The average Bonchev–Trinajstić information content (AvgIpc) is 2.40. The van der Waals surface area contributed by atoms with Crippen molar-refractivity contribution < 1.29 is 9.50 Å². The van der Waals surface area contributed by atoms with Gasteiger partial charge in [0, 0.05) is 6.54 Å². The number of nitrogens with zero attached hydrogens (tertiary/aromatic N) is 2. The summed E-state index contributed by atoms with van der Waals surface area (Å²) in [6.07, 6.45) is 0.228. The van der Waals surface area contributed by atoms with Gasteiger partial charge in [0.1, 0.15) is 0 Å². The molecule has 0 spiro atoms. The molecule has 0 saturated carbocycles. The number of halogens is 2. The Morgan fingerprint density at radius 2 is 2.06 bits per heavy atom. The van der Waals surface area contributed by atoms with Crippen molar-refractivity contribution in [1.29, 1.82) is 0 Å². The lowest BCUT2D eigenvalue weighted by atomic mass is 10.1. The van der Waals surface area contributed by atoms with E-state index in [4.69, 9.17) is 11.6 Å². The Morgan fingerprint density at radius 3 is 2.78 bits per heavy atom. The van der Waals surface area contributed by atoms with Crippen molar-refractivity contribution in [3.05, 3.63) is 53.2 Å². The first kappa shape index (κ1) is 12.7. The van der Waals surface area contributed by atoms with Crippen LogP contribution in [0.1, 0.15) is 11.7 Å². The van der Waals surface area contributed by atoms with Crippen LogP contribution in [0.15, 0.2) is 36.5 Å². The Kier molecular flexibility index (Phi) is 4.07. The minimum atomic E-state index is -0.751. The molecule has 0 aliphatic rings. The van der Waals surface area contributed by atoms with Crippen molar-refractivity contribution in [2.24, 2.45) is 0 Å². The van der Waals surface area contributed by atoms with Gasteiger partial charge in [0.2, 0.25) is 5.28 Å². The Balaban J connectivity index is 2.01. The van der Waals surface area contributed by atoms with E-state index < -0.39 is 11.9 Å². The molecule has 0 aliphatic carbocycles. The van der Waals surface area contributed by atoms with Crippen LogP contribution in [0.4, 0.5) is 10.2 Å². The Labute approximate surface area is 108 Å². The lowest BCUT2D eigenvalue weighted by molar-refractivity contribution is 0.191. The molecule has 0 amide bonds. The van der Waals surface area contributed by atoms with Gasteiger partial charge in [-0.15, -0.1) is 0 Å². The minimum Gasteiger partial charge on any atom is -0.387 e. The van der Waals surface area contributed by atoms with Gasteiger partial charge in [0.05, 0.1) is 12.3 Å². The van der Waals surface area contributed by atoms with Gasteiger partial charge in [-0.1, -0.05) is 30.3 Å². The van der Waals surface area contributed by atoms with Crippen LogP contribution in [0.25, 0.3) is 0 Å². The van der Waals surface area contributed by atoms with Crippen molar-refractivity contribution in [1.82, 2.24) is 9.97 Å². The molecule has 4 nitrogen and oxygen atoms in total. The molecule has 2 N–H and O–H groups in total. The van der Waals surface area contributed by atoms with E-state index in [-0.39, 0.29) is 17.6 Å². The van der Waals surface area contributed by atoms with E-state index in [9.17, 15) is 9.50 Å². The number of hydrogen-bond acceptors (Lipinski definition) is 4. The number of aliphatic hydroxyl groups is 1. The first-order valence-corrected chi connectivity index (χ1v) is 5.69. The van der Waals surface area contributed by atoms with E-state index in [1.807, 2.05) is 18.2 Å². The third kappa shape index (κ3) is 3.15. The molecule has 18 heavy (non-hydrogen) atoms. The molecule has 0 radical (unpaired) electrons. The van der Waals surface area contributed by atoms with E-state index in [1.165, 1.54) is 0 Å². The van der Waals surface area contributed by atoms with Gasteiger partial charge in [-0.2, -0.15) is 4.98 Å². The smallest absolute Gasteiger partial charge is 0.224 e. The fourth-order valence-corrected chi connectivity index (χ4v) is 1.59.